The summed E-state index contributed by atoms with van der Waals surface area (Å²) >= 11 is 6.01. The van der Waals surface area contributed by atoms with Crippen LogP contribution in [0.4, 0.5) is 11.4 Å². The summed E-state index contributed by atoms with van der Waals surface area (Å²) in [6.07, 6.45) is 1.35. The predicted molar refractivity (Wildman–Crippen MR) is 131 cm³/mol. The van der Waals surface area contributed by atoms with Gasteiger partial charge in [-0.3, -0.25) is 9.69 Å². The van der Waals surface area contributed by atoms with Gasteiger partial charge in [0.15, 0.2) is 0 Å². The number of hydrogen-bond donors (Lipinski definition) is 0. The van der Waals surface area contributed by atoms with E-state index in [0.717, 1.165) is 50.4 Å². The molecule has 2 aliphatic rings. The van der Waals surface area contributed by atoms with E-state index in [1.807, 2.05) is 35.2 Å². The second-order valence-corrected chi connectivity index (χ2v) is 9.13. The van der Waals surface area contributed by atoms with Crippen molar-refractivity contribution in [2.24, 2.45) is 0 Å². The van der Waals surface area contributed by atoms with Crippen LogP contribution in [0.2, 0.25) is 5.02 Å². The van der Waals surface area contributed by atoms with Gasteiger partial charge in [-0.2, -0.15) is 0 Å². The molecule has 0 aromatic heterocycles. The summed E-state index contributed by atoms with van der Waals surface area (Å²) in [6.45, 7) is 4.74. The maximum Gasteiger partial charge on any atom is 0.231 e. The molecule has 1 amide bonds. The molecule has 3 aromatic rings. The van der Waals surface area contributed by atoms with Crippen LogP contribution in [0.25, 0.3) is 0 Å². The Labute approximate surface area is 195 Å². The maximum absolute atomic E-state index is 13.3. The average Bonchev–Trinajstić information content (AvgIpc) is 2.98. The first kappa shape index (κ1) is 21.0. The Balaban J connectivity index is 1.35. The molecule has 1 saturated heterocycles. The molecule has 1 fully saturated rings. The van der Waals surface area contributed by atoms with E-state index in [4.69, 9.17) is 11.6 Å². The average molecular weight is 446 g/mol. The molecule has 2 heterocycles. The molecular formula is C27H28ClN3O. The molecule has 164 valence electrons. The first-order valence-corrected chi connectivity index (χ1v) is 11.7. The van der Waals surface area contributed by atoms with E-state index in [1.165, 1.54) is 11.3 Å². The zero-order valence-electron chi connectivity index (χ0n) is 18.2. The fraction of sp³-hybridized carbons (Fsp3) is 0.296. The smallest absolute Gasteiger partial charge is 0.231 e. The van der Waals surface area contributed by atoms with Crippen LogP contribution in [0.1, 0.15) is 17.5 Å². The zero-order chi connectivity index (χ0) is 21.9. The van der Waals surface area contributed by atoms with Gasteiger partial charge >= 0.3 is 0 Å². The van der Waals surface area contributed by atoms with Crippen LogP contribution in [0, 0.1) is 0 Å². The summed E-state index contributed by atoms with van der Waals surface area (Å²) in [5.41, 5.74) is 4.56. The third kappa shape index (κ3) is 4.52. The minimum Gasteiger partial charge on any atom is -0.364 e. The number of carbonyl (C=O) groups excluding carboxylic acids is 1. The highest BCUT2D eigenvalue weighted by molar-refractivity contribution is 6.30. The number of anilines is 2. The van der Waals surface area contributed by atoms with E-state index >= 15 is 0 Å². The molecule has 0 radical (unpaired) electrons. The molecular weight excluding hydrogens is 418 g/mol. The third-order valence-corrected chi connectivity index (χ3v) is 6.81. The number of hydrogen-bond acceptors (Lipinski definition) is 3. The monoisotopic (exact) mass is 445 g/mol. The van der Waals surface area contributed by atoms with Gasteiger partial charge in [-0.15, -0.1) is 0 Å². The molecule has 5 heteroatoms. The van der Waals surface area contributed by atoms with E-state index in [0.29, 0.717) is 17.5 Å². The van der Waals surface area contributed by atoms with Crippen LogP contribution >= 0.6 is 11.6 Å². The number of rotatable bonds is 4. The Morgan fingerprint density at radius 3 is 2.31 bits per heavy atom. The highest BCUT2D eigenvalue weighted by Gasteiger charge is 2.33. The summed E-state index contributed by atoms with van der Waals surface area (Å²) in [5.74, 6) is 0.140. The highest BCUT2D eigenvalue weighted by Crippen LogP contribution is 2.36. The molecule has 0 spiro atoms. The van der Waals surface area contributed by atoms with Crippen LogP contribution in [-0.2, 0) is 17.8 Å². The highest BCUT2D eigenvalue weighted by atomic mass is 35.5. The molecule has 4 nitrogen and oxygen atoms in total. The van der Waals surface area contributed by atoms with Crippen molar-refractivity contribution in [3.63, 3.8) is 0 Å². The SMILES string of the molecule is O=C(Cc1ccc(Cl)cc1)N1CCC2CN(Cc3ccccc3)CCN2c2ccccc21. The van der Waals surface area contributed by atoms with Crippen molar-refractivity contribution in [2.75, 3.05) is 36.0 Å². The minimum absolute atomic E-state index is 0.140. The lowest BCUT2D eigenvalue weighted by molar-refractivity contribution is -0.118. The lowest BCUT2D eigenvalue weighted by Gasteiger charge is -2.42. The van der Waals surface area contributed by atoms with Crippen molar-refractivity contribution in [3.05, 3.63) is 95.0 Å². The van der Waals surface area contributed by atoms with Gasteiger partial charge in [-0.25, -0.2) is 0 Å². The van der Waals surface area contributed by atoms with Gasteiger partial charge in [0.05, 0.1) is 17.8 Å². The van der Waals surface area contributed by atoms with Gasteiger partial charge in [0.25, 0.3) is 0 Å². The first-order chi connectivity index (χ1) is 15.7. The summed E-state index contributed by atoms with van der Waals surface area (Å²) in [7, 11) is 0. The van der Waals surface area contributed by atoms with Crippen LogP contribution in [0.3, 0.4) is 0 Å². The number of piperazine rings is 1. The lowest BCUT2D eigenvalue weighted by atomic mass is 10.1. The Hall–Kier alpha value is -2.82. The van der Waals surface area contributed by atoms with Crippen molar-refractivity contribution in [2.45, 2.75) is 25.4 Å². The molecule has 32 heavy (non-hydrogen) atoms. The second-order valence-electron chi connectivity index (χ2n) is 8.69. The Kier molecular flexibility index (Phi) is 6.15. The number of para-hydroxylation sites is 2. The van der Waals surface area contributed by atoms with Crippen molar-refractivity contribution in [1.82, 2.24) is 4.90 Å². The van der Waals surface area contributed by atoms with E-state index in [2.05, 4.69) is 58.3 Å². The fourth-order valence-electron chi connectivity index (χ4n) is 4.93. The van der Waals surface area contributed by atoms with Crippen molar-refractivity contribution >= 4 is 28.9 Å². The normalized spacial score (nSPS) is 18.6. The number of fused-ring (bicyclic) bond motifs is 3. The fourth-order valence-corrected chi connectivity index (χ4v) is 5.06. The molecule has 0 bridgehead atoms. The van der Waals surface area contributed by atoms with Gasteiger partial charge in [-0.1, -0.05) is 66.2 Å². The third-order valence-electron chi connectivity index (χ3n) is 6.55. The second kappa shape index (κ2) is 9.35. The Morgan fingerprint density at radius 1 is 0.812 bits per heavy atom. The lowest BCUT2D eigenvalue weighted by Crippen LogP contribution is -2.52. The topological polar surface area (TPSA) is 26.8 Å². The van der Waals surface area contributed by atoms with Gasteiger partial charge in [0.2, 0.25) is 5.91 Å². The zero-order valence-corrected chi connectivity index (χ0v) is 18.9. The maximum atomic E-state index is 13.3. The van der Waals surface area contributed by atoms with E-state index in [1.54, 1.807) is 0 Å². The van der Waals surface area contributed by atoms with Crippen molar-refractivity contribution in [1.29, 1.82) is 0 Å². The number of carbonyl (C=O) groups is 1. The van der Waals surface area contributed by atoms with Gasteiger partial charge in [-0.05, 0) is 41.8 Å². The predicted octanol–water partition coefficient (Wildman–Crippen LogP) is 5.01. The summed E-state index contributed by atoms with van der Waals surface area (Å²) < 4.78 is 0. The van der Waals surface area contributed by atoms with E-state index in [-0.39, 0.29) is 5.91 Å². The van der Waals surface area contributed by atoms with Gasteiger partial charge in [0, 0.05) is 43.8 Å². The first-order valence-electron chi connectivity index (χ1n) is 11.3. The standard InChI is InChI=1S/C27H28ClN3O/c28-23-12-10-21(11-13-23)18-27(32)31-15-14-24-20-29(19-22-6-2-1-3-7-22)16-17-30(24)25-8-4-5-9-26(25)31/h1-13,24H,14-20H2. The molecule has 0 saturated carbocycles. The minimum atomic E-state index is 0.140. The van der Waals surface area contributed by atoms with Gasteiger partial charge < -0.3 is 9.80 Å². The van der Waals surface area contributed by atoms with E-state index in [9.17, 15) is 4.79 Å². The Bertz CT molecular complexity index is 1070. The molecule has 1 atom stereocenters. The van der Waals surface area contributed by atoms with Gasteiger partial charge in [0.1, 0.15) is 0 Å². The summed E-state index contributed by atoms with van der Waals surface area (Å²) in [4.78, 5) is 20.4. The molecule has 5 rings (SSSR count). The van der Waals surface area contributed by atoms with Crippen LogP contribution in [0.5, 0.6) is 0 Å². The largest absolute Gasteiger partial charge is 0.364 e. The van der Waals surface area contributed by atoms with Crippen LogP contribution in [0.15, 0.2) is 78.9 Å². The number of nitrogens with zero attached hydrogens (tertiary/aromatic N) is 3. The van der Waals surface area contributed by atoms with Crippen LogP contribution in [-0.4, -0.2) is 43.0 Å². The molecule has 0 N–H and O–H groups in total. The van der Waals surface area contributed by atoms with Crippen LogP contribution < -0.4 is 9.80 Å². The summed E-state index contributed by atoms with van der Waals surface area (Å²) in [6, 6.07) is 27.0. The summed E-state index contributed by atoms with van der Waals surface area (Å²) in [5, 5.41) is 0.693. The quantitative estimate of drug-likeness (QED) is 0.564. The molecule has 0 aliphatic carbocycles. The number of benzene rings is 3. The number of amides is 1. The molecule has 3 aromatic carbocycles. The number of halogens is 1. The molecule has 2 aliphatic heterocycles. The molecule has 1 unspecified atom stereocenters. The van der Waals surface area contributed by atoms with E-state index < -0.39 is 0 Å². The van der Waals surface area contributed by atoms with Crippen molar-refractivity contribution in [3.8, 4) is 0 Å². The Morgan fingerprint density at radius 2 is 1.53 bits per heavy atom. The van der Waals surface area contributed by atoms with Crippen molar-refractivity contribution < 1.29 is 4.79 Å².